The highest BCUT2D eigenvalue weighted by Gasteiger charge is 2.19. The zero-order chi connectivity index (χ0) is 22.6. The fourth-order valence-electron chi connectivity index (χ4n) is 2.88. The van der Waals surface area contributed by atoms with Crippen LogP contribution in [0.15, 0.2) is 60.8 Å². The van der Waals surface area contributed by atoms with Crippen LogP contribution in [0.4, 0.5) is 4.39 Å². The van der Waals surface area contributed by atoms with Crippen molar-refractivity contribution in [2.45, 2.75) is 32.9 Å². The number of Topliss-reactive ketones (excluding diaryl/α,β-unsaturated/α-hetero) is 1. The lowest BCUT2D eigenvalue weighted by Crippen LogP contribution is -2.24. The summed E-state index contributed by atoms with van der Waals surface area (Å²) in [6.45, 7) is 4.54. The van der Waals surface area contributed by atoms with Crippen LogP contribution in [0, 0.1) is 5.82 Å². The Morgan fingerprint density at radius 3 is 2.58 bits per heavy atom. The van der Waals surface area contributed by atoms with Crippen molar-refractivity contribution in [2.24, 2.45) is 0 Å². The quantitative estimate of drug-likeness (QED) is 0.552. The van der Waals surface area contributed by atoms with E-state index in [2.05, 4.69) is 10.3 Å². The normalized spacial score (nSPS) is 11.1. The molecule has 160 valence electrons. The third-order valence-corrected chi connectivity index (χ3v) is 4.67. The van der Waals surface area contributed by atoms with E-state index in [9.17, 15) is 19.1 Å². The molecular weight excluding hydrogens is 399 g/mol. The molecule has 0 spiro atoms. The maximum absolute atomic E-state index is 14.4. The number of nitrogens with one attached hydrogen (secondary N) is 1. The second kappa shape index (κ2) is 9.06. The molecule has 0 bridgehead atoms. The van der Waals surface area contributed by atoms with Gasteiger partial charge >= 0.3 is 0 Å². The molecule has 0 aliphatic carbocycles. The van der Waals surface area contributed by atoms with Crippen molar-refractivity contribution in [1.82, 2.24) is 10.3 Å². The number of hydrogen-bond donors (Lipinski definition) is 2. The Morgan fingerprint density at radius 2 is 1.90 bits per heavy atom. The first kappa shape index (κ1) is 22.1. The van der Waals surface area contributed by atoms with Crippen LogP contribution in [0.1, 0.15) is 52.6 Å². The lowest BCUT2D eigenvalue weighted by Gasteiger charge is -2.18. The summed E-state index contributed by atoms with van der Waals surface area (Å²) in [4.78, 5) is 28.4. The number of ether oxygens (including phenoxy) is 1. The summed E-state index contributed by atoms with van der Waals surface area (Å²) in [5.74, 6) is -0.685. The van der Waals surface area contributed by atoms with Crippen molar-refractivity contribution in [3.63, 3.8) is 0 Å². The minimum Gasteiger partial charge on any atom is -0.438 e. The smallest absolute Gasteiger partial charge is 0.257 e. The van der Waals surface area contributed by atoms with Gasteiger partial charge in [-0.05, 0) is 56.7 Å². The van der Waals surface area contributed by atoms with Gasteiger partial charge in [0.25, 0.3) is 5.91 Å². The molecule has 1 aromatic heterocycles. The third kappa shape index (κ3) is 5.52. The molecule has 1 amide bonds. The van der Waals surface area contributed by atoms with E-state index in [1.54, 1.807) is 56.3 Å². The van der Waals surface area contributed by atoms with Crippen LogP contribution >= 0.6 is 0 Å². The highest BCUT2D eigenvalue weighted by Crippen LogP contribution is 2.25. The summed E-state index contributed by atoms with van der Waals surface area (Å²) in [5, 5.41) is 12.6. The average Bonchev–Trinajstić information content (AvgIpc) is 2.72. The van der Waals surface area contributed by atoms with Crippen LogP contribution in [-0.4, -0.2) is 21.8 Å². The predicted octanol–water partition coefficient (Wildman–Crippen LogP) is 4.37. The fourth-order valence-corrected chi connectivity index (χ4v) is 2.88. The van der Waals surface area contributed by atoms with Crippen molar-refractivity contribution < 1.29 is 23.8 Å². The molecule has 2 aromatic carbocycles. The van der Waals surface area contributed by atoms with Crippen LogP contribution in [0.5, 0.6) is 11.6 Å². The SMILES string of the molecule is CC(=O)c1cccc(Oc2ncccc2C(=O)NCc2ccc(C(C)(C)O)cc2F)c1. The highest BCUT2D eigenvalue weighted by molar-refractivity contribution is 5.96. The third-order valence-electron chi connectivity index (χ3n) is 4.67. The van der Waals surface area contributed by atoms with E-state index in [1.165, 1.54) is 25.3 Å². The minimum atomic E-state index is -1.16. The minimum absolute atomic E-state index is 0.0506. The number of pyridine rings is 1. The lowest BCUT2D eigenvalue weighted by atomic mass is 9.97. The molecular formula is C24H23FN2O4. The number of ketones is 1. The number of halogens is 1. The van der Waals surface area contributed by atoms with Gasteiger partial charge in [0, 0.05) is 23.9 Å². The van der Waals surface area contributed by atoms with E-state index in [-0.39, 0.29) is 29.3 Å². The number of rotatable bonds is 7. The van der Waals surface area contributed by atoms with Crippen LogP contribution in [-0.2, 0) is 12.1 Å². The van der Waals surface area contributed by atoms with Gasteiger partial charge in [0.05, 0.1) is 5.60 Å². The zero-order valence-corrected chi connectivity index (χ0v) is 17.5. The Morgan fingerprint density at radius 1 is 1.13 bits per heavy atom. The van der Waals surface area contributed by atoms with Crippen LogP contribution in [0.3, 0.4) is 0 Å². The number of benzene rings is 2. The Balaban J connectivity index is 1.75. The molecule has 1 heterocycles. The van der Waals surface area contributed by atoms with Crippen molar-refractivity contribution in [3.8, 4) is 11.6 Å². The van der Waals surface area contributed by atoms with E-state index in [4.69, 9.17) is 4.74 Å². The second-order valence-corrected chi connectivity index (χ2v) is 7.59. The topological polar surface area (TPSA) is 88.5 Å². The number of nitrogens with zero attached hydrogens (tertiary/aromatic N) is 1. The van der Waals surface area contributed by atoms with Gasteiger partial charge in [-0.3, -0.25) is 9.59 Å². The summed E-state index contributed by atoms with van der Waals surface area (Å²) in [5.41, 5.74) is 0.205. The molecule has 0 fully saturated rings. The number of amides is 1. The summed E-state index contributed by atoms with van der Waals surface area (Å²) in [6.07, 6.45) is 1.48. The van der Waals surface area contributed by atoms with Gasteiger partial charge in [-0.25, -0.2) is 9.37 Å². The van der Waals surface area contributed by atoms with Gasteiger partial charge < -0.3 is 15.2 Å². The molecule has 3 aromatic rings. The maximum Gasteiger partial charge on any atom is 0.257 e. The molecule has 0 saturated heterocycles. The van der Waals surface area contributed by atoms with Crippen LogP contribution < -0.4 is 10.1 Å². The molecule has 7 heteroatoms. The average molecular weight is 422 g/mol. The standard InChI is InChI=1S/C24H23FN2O4/c1-15(28)16-6-4-7-19(12-16)31-23-20(8-5-11-26-23)22(29)27-14-17-9-10-18(13-21(17)25)24(2,3)30/h4-13,30H,14H2,1-3H3,(H,27,29). The Labute approximate surface area is 179 Å². The number of carbonyl (C=O) groups excluding carboxylic acids is 2. The number of aliphatic hydroxyl groups is 1. The van der Waals surface area contributed by atoms with Crippen molar-refractivity contribution in [1.29, 1.82) is 0 Å². The molecule has 0 aliphatic rings. The fraction of sp³-hybridized carbons (Fsp3) is 0.208. The Hall–Kier alpha value is -3.58. The number of aromatic nitrogens is 1. The first-order valence-electron chi connectivity index (χ1n) is 9.68. The molecule has 0 saturated carbocycles. The molecule has 0 atom stereocenters. The largest absolute Gasteiger partial charge is 0.438 e. The van der Waals surface area contributed by atoms with Gasteiger partial charge in [0.15, 0.2) is 5.78 Å². The van der Waals surface area contributed by atoms with Gasteiger partial charge in [0.2, 0.25) is 5.88 Å². The summed E-state index contributed by atoms with van der Waals surface area (Å²) < 4.78 is 20.1. The second-order valence-electron chi connectivity index (χ2n) is 7.59. The monoisotopic (exact) mass is 422 g/mol. The zero-order valence-electron chi connectivity index (χ0n) is 17.5. The highest BCUT2D eigenvalue weighted by atomic mass is 19.1. The summed E-state index contributed by atoms with van der Waals surface area (Å²) in [6, 6.07) is 14.1. The van der Waals surface area contributed by atoms with Crippen molar-refractivity contribution in [2.75, 3.05) is 0 Å². The van der Waals surface area contributed by atoms with E-state index in [0.717, 1.165) is 0 Å². The summed E-state index contributed by atoms with van der Waals surface area (Å²) >= 11 is 0. The Kier molecular flexibility index (Phi) is 6.46. The molecule has 31 heavy (non-hydrogen) atoms. The maximum atomic E-state index is 14.4. The predicted molar refractivity (Wildman–Crippen MR) is 114 cm³/mol. The summed E-state index contributed by atoms with van der Waals surface area (Å²) in [7, 11) is 0. The molecule has 0 aliphatic heterocycles. The van der Waals surface area contributed by atoms with Gasteiger partial charge in [0.1, 0.15) is 17.1 Å². The molecule has 6 nitrogen and oxygen atoms in total. The van der Waals surface area contributed by atoms with Crippen LogP contribution in [0.25, 0.3) is 0 Å². The molecule has 0 radical (unpaired) electrons. The Bertz CT molecular complexity index is 1120. The van der Waals surface area contributed by atoms with E-state index >= 15 is 0 Å². The molecule has 3 rings (SSSR count). The first-order chi connectivity index (χ1) is 14.6. The van der Waals surface area contributed by atoms with Gasteiger partial charge in [-0.15, -0.1) is 0 Å². The first-order valence-corrected chi connectivity index (χ1v) is 9.68. The van der Waals surface area contributed by atoms with Crippen molar-refractivity contribution >= 4 is 11.7 Å². The molecule has 2 N–H and O–H groups in total. The van der Waals surface area contributed by atoms with Gasteiger partial charge in [-0.2, -0.15) is 0 Å². The van der Waals surface area contributed by atoms with Crippen LogP contribution in [0.2, 0.25) is 0 Å². The van der Waals surface area contributed by atoms with E-state index in [0.29, 0.717) is 16.9 Å². The molecule has 0 unspecified atom stereocenters. The van der Waals surface area contributed by atoms with E-state index in [1.807, 2.05) is 0 Å². The number of hydrogen-bond acceptors (Lipinski definition) is 5. The number of carbonyl (C=O) groups is 2. The van der Waals surface area contributed by atoms with Gasteiger partial charge in [-0.1, -0.05) is 24.3 Å². The lowest BCUT2D eigenvalue weighted by molar-refractivity contribution is 0.0781. The van der Waals surface area contributed by atoms with E-state index < -0.39 is 17.3 Å². The van der Waals surface area contributed by atoms with Crippen molar-refractivity contribution in [3.05, 3.63) is 88.9 Å².